The van der Waals surface area contributed by atoms with Crippen LogP contribution in [0.2, 0.25) is 0 Å². The van der Waals surface area contributed by atoms with E-state index in [-0.39, 0.29) is 0 Å². The van der Waals surface area contributed by atoms with Crippen LogP contribution in [-0.2, 0) is 4.79 Å². The smallest absolute Gasteiger partial charge is 0.341 e. The molecule has 0 fully saturated rings. The summed E-state index contributed by atoms with van der Waals surface area (Å²) in [5.41, 5.74) is 3.97. The summed E-state index contributed by atoms with van der Waals surface area (Å²) >= 11 is 1.49. The van der Waals surface area contributed by atoms with Gasteiger partial charge in [0.05, 0.1) is 28.5 Å². The van der Waals surface area contributed by atoms with Crippen molar-refractivity contribution in [3.05, 3.63) is 59.1 Å². The number of aromatic amines is 1. The van der Waals surface area contributed by atoms with E-state index < -0.39 is 18.5 Å². The van der Waals surface area contributed by atoms with Crippen LogP contribution in [0, 0.1) is 0 Å². The number of hydrogen-bond acceptors (Lipinski definition) is 6. The number of H-pyrrole nitrogens is 1. The standard InChI is InChI=1S/C17H14N4O4S/c22-15(23)10-25-13-5-2-1-4-11(13)8-18-21-17(24)12-9-19-20-16(12)14-6-3-7-26-14/h1-9H,10H2,(H,19,20)(H,21,24)(H,22,23). The van der Waals surface area contributed by atoms with Crippen molar-refractivity contribution in [3.63, 3.8) is 0 Å². The Bertz CT molecular complexity index is 934. The number of carboxylic acid groups (broad SMARTS) is 1. The Hall–Kier alpha value is -3.46. The second kappa shape index (κ2) is 8.08. The molecule has 2 heterocycles. The van der Waals surface area contributed by atoms with Crippen LogP contribution in [0.1, 0.15) is 15.9 Å². The van der Waals surface area contributed by atoms with Crippen LogP contribution in [0.3, 0.4) is 0 Å². The number of nitrogens with zero attached hydrogens (tertiary/aromatic N) is 2. The molecule has 8 nitrogen and oxygen atoms in total. The van der Waals surface area contributed by atoms with Crippen LogP contribution in [0.4, 0.5) is 0 Å². The summed E-state index contributed by atoms with van der Waals surface area (Å²) in [7, 11) is 0. The number of hydrazone groups is 1. The minimum absolute atomic E-state index is 0.357. The number of aromatic nitrogens is 2. The van der Waals surface area contributed by atoms with Gasteiger partial charge >= 0.3 is 5.97 Å². The first-order valence-electron chi connectivity index (χ1n) is 7.49. The van der Waals surface area contributed by atoms with Gasteiger partial charge in [0, 0.05) is 5.56 Å². The van der Waals surface area contributed by atoms with Crippen LogP contribution < -0.4 is 10.2 Å². The predicted molar refractivity (Wildman–Crippen MR) is 96.5 cm³/mol. The Kier molecular flexibility index (Phi) is 5.40. The summed E-state index contributed by atoms with van der Waals surface area (Å²) in [4.78, 5) is 23.8. The van der Waals surface area contributed by atoms with Crippen LogP contribution >= 0.6 is 11.3 Å². The fraction of sp³-hybridized carbons (Fsp3) is 0.0588. The van der Waals surface area contributed by atoms with E-state index in [0.29, 0.717) is 22.6 Å². The maximum absolute atomic E-state index is 12.3. The van der Waals surface area contributed by atoms with Gasteiger partial charge in [-0.2, -0.15) is 10.2 Å². The minimum Gasteiger partial charge on any atom is -0.481 e. The van der Waals surface area contributed by atoms with Crippen molar-refractivity contribution in [3.8, 4) is 16.3 Å². The lowest BCUT2D eigenvalue weighted by Crippen LogP contribution is -2.18. The third kappa shape index (κ3) is 4.14. The van der Waals surface area contributed by atoms with Crippen molar-refractivity contribution in [1.29, 1.82) is 0 Å². The van der Waals surface area contributed by atoms with Gasteiger partial charge in [-0.15, -0.1) is 11.3 Å². The second-order valence-electron chi connectivity index (χ2n) is 5.06. The van der Waals surface area contributed by atoms with E-state index in [0.717, 1.165) is 4.88 Å². The van der Waals surface area contributed by atoms with Gasteiger partial charge in [-0.1, -0.05) is 18.2 Å². The number of aliphatic carboxylic acids is 1. The van der Waals surface area contributed by atoms with E-state index >= 15 is 0 Å². The number of thiophene rings is 1. The van der Waals surface area contributed by atoms with Gasteiger partial charge in [-0.25, -0.2) is 10.2 Å². The molecule has 0 bridgehead atoms. The van der Waals surface area contributed by atoms with Crippen molar-refractivity contribution >= 4 is 29.4 Å². The van der Waals surface area contributed by atoms with Gasteiger partial charge in [0.15, 0.2) is 6.61 Å². The van der Waals surface area contributed by atoms with Crippen molar-refractivity contribution in [2.45, 2.75) is 0 Å². The fourth-order valence-electron chi connectivity index (χ4n) is 2.15. The summed E-state index contributed by atoms with van der Waals surface area (Å²) in [5.74, 6) is -1.14. The molecule has 3 N–H and O–H groups in total. The lowest BCUT2D eigenvalue weighted by molar-refractivity contribution is -0.139. The maximum atomic E-state index is 12.3. The lowest BCUT2D eigenvalue weighted by atomic mass is 10.2. The number of benzene rings is 1. The molecule has 0 saturated carbocycles. The molecule has 26 heavy (non-hydrogen) atoms. The van der Waals surface area contributed by atoms with Gasteiger partial charge in [0.2, 0.25) is 0 Å². The highest BCUT2D eigenvalue weighted by molar-refractivity contribution is 7.13. The zero-order chi connectivity index (χ0) is 18.4. The highest BCUT2D eigenvalue weighted by Gasteiger charge is 2.15. The van der Waals surface area contributed by atoms with Crippen molar-refractivity contribution in [2.75, 3.05) is 6.61 Å². The summed E-state index contributed by atoms with van der Waals surface area (Å²) in [6, 6.07) is 10.6. The molecule has 3 aromatic rings. The molecule has 0 atom stereocenters. The van der Waals surface area contributed by atoms with Gasteiger partial charge in [0.1, 0.15) is 5.75 Å². The predicted octanol–water partition coefficient (Wildman–Crippen LogP) is 2.37. The van der Waals surface area contributed by atoms with Gasteiger partial charge in [0.25, 0.3) is 5.91 Å². The van der Waals surface area contributed by atoms with Gasteiger partial charge in [-0.05, 0) is 23.6 Å². The number of ether oxygens (including phenoxy) is 1. The molecule has 0 aliphatic carbocycles. The van der Waals surface area contributed by atoms with E-state index in [1.165, 1.54) is 23.7 Å². The Labute approximate surface area is 152 Å². The number of para-hydroxylation sites is 1. The summed E-state index contributed by atoms with van der Waals surface area (Å²) < 4.78 is 5.18. The number of rotatable bonds is 7. The first-order valence-corrected chi connectivity index (χ1v) is 8.37. The lowest BCUT2D eigenvalue weighted by Gasteiger charge is -2.06. The topological polar surface area (TPSA) is 117 Å². The molecule has 0 aliphatic heterocycles. The molecule has 9 heteroatoms. The number of carbonyl (C=O) groups is 2. The highest BCUT2D eigenvalue weighted by atomic mass is 32.1. The molecule has 1 aromatic carbocycles. The van der Waals surface area contributed by atoms with Crippen molar-refractivity contribution in [1.82, 2.24) is 15.6 Å². The average molecular weight is 370 g/mol. The van der Waals surface area contributed by atoms with E-state index in [9.17, 15) is 9.59 Å². The zero-order valence-electron chi connectivity index (χ0n) is 13.4. The summed E-state index contributed by atoms with van der Waals surface area (Å²) in [5, 5.41) is 21.2. The fourth-order valence-corrected chi connectivity index (χ4v) is 2.88. The molecule has 0 saturated heterocycles. The summed E-state index contributed by atoms with van der Waals surface area (Å²) in [6.07, 6.45) is 2.82. The molecule has 0 radical (unpaired) electrons. The molecule has 132 valence electrons. The minimum atomic E-state index is -1.08. The largest absolute Gasteiger partial charge is 0.481 e. The first-order chi connectivity index (χ1) is 12.6. The monoisotopic (exact) mass is 370 g/mol. The SMILES string of the molecule is O=C(O)COc1ccccc1C=NNC(=O)c1cn[nH]c1-c1cccs1. The first kappa shape index (κ1) is 17.4. The van der Waals surface area contributed by atoms with Crippen LogP contribution in [0.25, 0.3) is 10.6 Å². The molecule has 1 amide bonds. The van der Waals surface area contributed by atoms with Gasteiger partial charge < -0.3 is 9.84 Å². The quantitative estimate of drug-likeness (QED) is 0.436. The highest BCUT2D eigenvalue weighted by Crippen LogP contribution is 2.25. The van der Waals surface area contributed by atoms with Crippen LogP contribution in [-0.4, -0.2) is 40.0 Å². The van der Waals surface area contributed by atoms with Crippen LogP contribution in [0.5, 0.6) is 5.75 Å². The molecular weight excluding hydrogens is 356 g/mol. The molecule has 0 aliphatic rings. The summed E-state index contributed by atoms with van der Waals surface area (Å²) in [6.45, 7) is -0.462. The van der Waals surface area contributed by atoms with E-state index in [2.05, 4.69) is 20.7 Å². The number of nitrogens with one attached hydrogen (secondary N) is 2. The molecule has 0 spiro atoms. The number of amides is 1. The van der Waals surface area contributed by atoms with Crippen molar-refractivity contribution in [2.24, 2.45) is 5.10 Å². The Morgan fingerprint density at radius 3 is 2.92 bits per heavy atom. The third-order valence-electron chi connectivity index (χ3n) is 3.29. The molecule has 0 unspecified atom stereocenters. The van der Waals surface area contributed by atoms with E-state index in [1.807, 2.05) is 17.5 Å². The second-order valence-corrected chi connectivity index (χ2v) is 6.00. The molecular formula is C17H14N4O4S. The number of carboxylic acids is 1. The van der Waals surface area contributed by atoms with Crippen molar-refractivity contribution < 1.29 is 19.4 Å². The van der Waals surface area contributed by atoms with Crippen LogP contribution in [0.15, 0.2) is 53.1 Å². The molecule has 2 aromatic heterocycles. The Balaban J connectivity index is 1.69. The average Bonchev–Trinajstić information content (AvgIpc) is 3.31. The Morgan fingerprint density at radius 1 is 1.31 bits per heavy atom. The zero-order valence-corrected chi connectivity index (χ0v) is 14.2. The molecule has 3 rings (SSSR count). The number of carbonyl (C=O) groups excluding carboxylic acids is 1. The third-order valence-corrected chi connectivity index (χ3v) is 4.18. The van der Waals surface area contributed by atoms with E-state index in [1.54, 1.807) is 24.3 Å². The van der Waals surface area contributed by atoms with Gasteiger partial charge in [-0.3, -0.25) is 9.89 Å². The Morgan fingerprint density at radius 2 is 2.15 bits per heavy atom. The normalized spacial score (nSPS) is 10.8. The number of hydrogen-bond donors (Lipinski definition) is 3. The van der Waals surface area contributed by atoms with E-state index in [4.69, 9.17) is 9.84 Å². The maximum Gasteiger partial charge on any atom is 0.341 e.